The first-order valence-electron chi connectivity index (χ1n) is 7.28. The zero-order valence-electron chi connectivity index (χ0n) is 12.3. The van der Waals surface area contributed by atoms with Gasteiger partial charge < -0.3 is 4.57 Å². The number of aromatic nitrogens is 3. The SMILES string of the molecule is Cc1ccc(-c2nc(-n3cccc3)c3ccccc3n2)cc1. The molecule has 106 valence electrons. The van der Waals surface area contributed by atoms with Crippen LogP contribution in [-0.4, -0.2) is 14.5 Å². The summed E-state index contributed by atoms with van der Waals surface area (Å²) in [6, 6.07) is 20.4. The molecule has 0 amide bonds. The van der Waals surface area contributed by atoms with Crippen LogP contribution in [0.1, 0.15) is 5.56 Å². The summed E-state index contributed by atoms with van der Waals surface area (Å²) < 4.78 is 2.03. The summed E-state index contributed by atoms with van der Waals surface area (Å²) in [5.41, 5.74) is 3.22. The van der Waals surface area contributed by atoms with E-state index in [1.54, 1.807) is 0 Å². The predicted molar refractivity (Wildman–Crippen MR) is 89.0 cm³/mol. The molecule has 4 rings (SSSR count). The Kier molecular flexibility index (Phi) is 2.97. The van der Waals surface area contributed by atoms with E-state index in [9.17, 15) is 0 Å². The van der Waals surface area contributed by atoms with Crippen LogP contribution in [0.4, 0.5) is 0 Å². The molecule has 3 nitrogen and oxygen atoms in total. The van der Waals surface area contributed by atoms with Crippen LogP contribution >= 0.6 is 0 Å². The van der Waals surface area contributed by atoms with E-state index in [0.717, 1.165) is 28.1 Å². The van der Waals surface area contributed by atoms with Gasteiger partial charge in [-0.3, -0.25) is 0 Å². The molecule has 0 saturated heterocycles. The maximum absolute atomic E-state index is 4.80. The Morgan fingerprint density at radius 1 is 0.773 bits per heavy atom. The highest BCUT2D eigenvalue weighted by molar-refractivity contribution is 5.87. The van der Waals surface area contributed by atoms with Gasteiger partial charge in [0.25, 0.3) is 0 Å². The molecular formula is C19H15N3. The van der Waals surface area contributed by atoms with Crippen molar-refractivity contribution in [1.29, 1.82) is 0 Å². The van der Waals surface area contributed by atoms with Gasteiger partial charge in [-0.1, -0.05) is 42.0 Å². The van der Waals surface area contributed by atoms with Crippen LogP contribution < -0.4 is 0 Å². The molecule has 2 heterocycles. The molecule has 0 unspecified atom stereocenters. The first kappa shape index (κ1) is 12.8. The molecule has 0 aliphatic carbocycles. The van der Waals surface area contributed by atoms with Crippen LogP contribution in [0, 0.1) is 6.92 Å². The monoisotopic (exact) mass is 285 g/mol. The summed E-state index contributed by atoms with van der Waals surface area (Å²) in [5, 5.41) is 1.05. The molecular weight excluding hydrogens is 270 g/mol. The van der Waals surface area contributed by atoms with Crippen molar-refractivity contribution in [3.8, 4) is 17.2 Å². The summed E-state index contributed by atoms with van der Waals surface area (Å²) in [7, 11) is 0. The summed E-state index contributed by atoms with van der Waals surface area (Å²) >= 11 is 0. The van der Waals surface area contributed by atoms with Crippen LogP contribution in [0.15, 0.2) is 73.1 Å². The van der Waals surface area contributed by atoms with Gasteiger partial charge in [-0.25, -0.2) is 9.97 Å². The molecule has 0 saturated carbocycles. The van der Waals surface area contributed by atoms with Crippen LogP contribution in [0.25, 0.3) is 28.1 Å². The predicted octanol–water partition coefficient (Wildman–Crippen LogP) is 4.40. The minimum atomic E-state index is 0.752. The Morgan fingerprint density at radius 3 is 2.27 bits per heavy atom. The minimum Gasteiger partial charge on any atom is -0.308 e. The van der Waals surface area contributed by atoms with Crippen molar-refractivity contribution in [3.63, 3.8) is 0 Å². The van der Waals surface area contributed by atoms with Gasteiger partial charge in [-0.15, -0.1) is 0 Å². The third-order valence-corrected chi connectivity index (χ3v) is 3.74. The third kappa shape index (κ3) is 2.17. The van der Waals surface area contributed by atoms with Gasteiger partial charge in [0.05, 0.1) is 5.52 Å². The highest BCUT2D eigenvalue weighted by Crippen LogP contribution is 2.24. The molecule has 0 bridgehead atoms. The van der Waals surface area contributed by atoms with E-state index in [1.165, 1.54) is 5.56 Å². The molecule has 3 heteroatoms. The zero-order valence-corrected chi connectivity index (χ0v) is 12.3. The maximum Gasteiger partial charge on any atom is 0.162 e. The molecule has 0 N–H and O–H groups in total. The molecule has 4 aromatic rings. The van der Waals surface area contributed by atoms with E-state index in [1.807, 2.05) is 47.3 Å². The van der Waals surface area contributed by atoms with Gasteiger partial charge in [-0.2, -0.15) is 0 Å². The average molecular weight is 285 g/mol. The van der Waals surface area contributed by atoms with Crippen molar-refractivity contribution in [2.24, 2.45) is 0 Å². The molecule has 2 aromatic carbocycles. The lowest BCUT2D eigenvalue weighted by atomic mass is 10.1. The lowest BCUT2D eigenvalue weighted by Gasteiger charge is -2.09. The summed E-state index contributed by atoms with van der Waals surface area (Å²) in [4.78, 5) is 9.52. The lowest BCUT2D eigenvalue weighted by Crippen LogP contribution is -2.00. The van der Waals surface area contributed by atoms with E-state index in [2.05, 4.69) is 37.3 Å². The maximum atomic E-state index is 4.80. The molecule has 0 radical (unpaired) electrons. The smallest absolute Gasteiger partial charge is 0.162 e. The Labute approximate surface area is 128 Å². The number of nitrogens with zero attached hydrogens (tertiary/aromatic N) is 3. The highest BCUT2D eigenvalue weighted by Gasteiger charge is 2.10. The fourth-order valence-electron chi connectivity index (χ4n) is 2.56. The molecule has 0 atom stereocenters. The summed E-state index contributed by atoms with van der Waals surface area (Å²) in [5.74, 6) is 1.66. The van der Waals surface area contributed by atoms with E-state index >= 15 is 0 Å². The summed E-state index contributed by atoms with van der Waals surface area (Å²) in [6.45, 7) is 2.08. The zero-order chi connectivity index (χ0) is 14.9. The number of fused-ring (bicyclic) bond motifs is 1. The van der Waals surface area contributed by atoms with Crippen LogP contribution in [0.2, 0.25) is 0 Å². The minimum absolute atomic E-state index is 0.752. The number of rotatable bonds is 2. The van der Waals surface area contributed by atoms with Crippen molar-refractivity contribution in [2.45, 2.75) is 6.92 Å². The second kappa shape index (κ2) is 5.11. The van der Waals surface area contributed by atoms with E-state index < -0.39 is 0 Å². The Bertz CT molecular complexity index is 923. The first-order valence-corrected chi connectivity index (χ1v) is 7.28. The van der Waals surface area contributed by atoms with Crippen LogP contribution in [0.3, 0.4) is 0 Å². The van der Waals surface area contributed by atoms with E-state index in [-0.39, 0.29) is 0 Å². The topological polar surface area (TPSA) is 30.7 Å². The molecule has 0 spiro atoms. The molecule has 22 heavy (non-hydrogen) atoms. The number of hydrogen-bond acceptors (Lipinski definition) is 2. The van der Waals surface area contributed by atoms with Gasteiger partial charge in [0.2, 0.25) is 0 Å². The lowest BCUT2D eigenvalue weighted by molar-refractivity contribution is 1.01. The van der Waals surface area contributed by atoms with Crippen molar-refractivity contribution in [2.75, 3.05) is 0 Å². The van der Waals surface area contributed by atoms with Gasteiger partial charge in [0.15, 0.2) is 5.82 Å². The Balaban J connectivity index is 1.99. The standard InChI is InChI=1S/C19H15N3/c1-14-8-10-15(11-9-14)18-20-17-7-3-2-6-16(17)19(21-18)22-12-4-5-13-22/h2-13H,1H3. The van der Waals surface area contributed by atoms with Crippen molar-refractivity contribution < 1.29 is 0 Å². The molecule has 0 aliphatic heterocycles. The third-order valence-electron chi connectivity index (χ3n) is 3.74. The highest BCUT2D eigenvalue weighted by atomic mass is 15.1. The first-order chi connectivity index (χ1) is 10.8. The van der Waals surface area contributed by atoms with Crippen molar-refractivity contribution in [1.82, 2.24) is 14.5 Å². The quantitative estimate of drug-likeness (QED) is 0.546. The summed E-state index contributed by atoms with van der Waals surface area (Å²) in [6.07, 6.45) is 4.02. The van der Waals surface area contributed by atoms with Gasteiger partial charge in [0.1, 0.15) is 5.82 Å². The fraction of sp³-hybridized carbons (Fsp3) is 0.0526. The number of aryl methyl sites for hydroxylation is 1. The number of benzene rings is 2. The molecule has 0 fully saturated rings. The Hall–Kier alpha value is -2.94. The van der Waals surface area contributed by atoms with Crippen LogP contribution in [0.5, 0.6) is 0 Å². The second-order valence-corrected chi connectivity index (χ2v) is 5.34. The largest absolute Gasteiger partial charge is 0.308 e. The van der Waals surface area contributed by atoms with Crippen LogP contribution in [-0.2, 0) is 0 Å². The van der Waals surface area contributed by atoms with Crippen molar-refractivity contribution >= 4 is 10.9 Å². The fourth-order valence-corrected chi connectivity index (χ4v) is 2.56. The number of para-hydroxylation sites is 1. The Morgan fingerprint density at radius 2 is 1.50 bits per heavy atom. The second-order valence-electron chi connectivity index (χ2n) is 5.34. The van der Waals surface area contributed by atoms with Gasteiger partial charge >= 0.3 is 0 Å². The average Bonchev–Trinajstić information content (AvgIpc) is 3.09. The van der Waals surface area contributed by atoms with E-state index in [4.69, 9.17) is 9.97 Å². The van der Waals surface area contributed by atoms with Crippen molar-refractivity contribution in [3.05, 3.63) is 78.6 Å². The molecule has 0 aliphatic rings. The molecule has 2 aromatic heterocycles. The van der Waals surface area contributed by atoms with Gasteiger partial charge in [0, 0.05) is 23.3 Å². The van der Waals surface area contributed by atoms with E-state index in [0.29, 0.717) is 0 Å². The normalized spacial score (nSPS) is 11.0. The number of hydrogen-bond donors (Lipinski definition) is 0. The van der Waals surface area contributed by atoms with Gasteiger partial charge in [-0.05, 0) is 31.2 Å².